The Morgan fingerprint density at radius 1 is 1.36 bits per heavy atom. The first kappa shape index (κ1) is 14.6. The number of aromatic nitrogens is 3. The lowest BCUT2D eigenvalue weighted by atomic mass is 10.1. The fourth-order valence-corrected chi connectivity index (χ4v) is 2.31. The van der Waals surface area contributed by atoms with E-state index in [0.717, 1.165) is 31.4 Å². The van der Waals surface area contributed by atoms with Crippen LogP contribution in [0.5, 0.6) is 0 Å². The van der Waals surface area contributed by atoms with Gasteiger partial charge in [0.05, 0.1) is 0 Å². The Kier molecular flexibility index (Phi) is 4.43. The molecular formula is C15H18N4O3. The van der Waals surface area contributed by atoms with Crippen molar-refractivity contribution >= 4 is 5.91 Å². The molecule has 1 amide bonds. The maximum Gasteiger partial charge on any atom is 0.273 e. The van der Waals surface area contributed by atoms with E-state index in [-0.39, 0.29) is 17.7 Å². The number of carbonyl (C=O) groups excluding carboxylic acids is 1. The zero-order valence-corrected chi connectivity index (χ0v) is 12.4. The number of carbonyl (C=O) groups is 1. The van der Waals surface area contributed by atoms with Crippen molar-refractivity contribution in [1.29, 1.82) is 0 Å². The summed E-state index contributed by atoms with van der Waals surface area (Å²) in [5.74, 6) is 1.03. The average molecular weight is 302 g/mol. The quantitative estimate of drug-likeness (QED) is 0.928. The lowest BCUT2D eigenvalue weighted by Gasteiger charge is -2.21. The van der Waals surface area contributed by atoms with Gasteiger partial charge in [0.2, 0.25) is 0 Å². The van der Waals surface area contributed by atoms with Crippen LogP contribution in [0.1, 0.15) is 53.0 Å². The highest BCUT2D eigenvalue weighted by molar-refractivity contribution is 5.92. The number of nitrogens with one attached hydrogen (secondary N) is 1. The summed E-state index contributed by atoms with van der Waals surface area (Å²) < 4.78 is 10.5. The summed E-state index contributed by atoms with van der Waals surface area (Å²) in [7, 11) is 0. The zero-order chi connectivity index (χ0) is 15.4. The van der Waals surface area contributed by atoms with Crippen LogP contribution in [0.25, 0.3) is 0 Å². The lowest BCUT2D eigenvalue weighted by molar-refractivity contribution is 0.00940. The molecule has 1 saturated heterocycles. The second-order valence-electron chi connectivity index (χ2n) is 5.31. The van der Waals surface area contributed by atoms with E-state index in [2.05, 4.69) is 20.4 Å². The first-order valence-electron chi connectivity index (χ1n) is 7.36. The van der Waals surface area contributed by atoms with Crippen molar-refractivity contribution < 1.29 is 14.1 Å². The monoisotopic (exact) mass is 302 g/mol. The van der Waals surface area contributed by atoms with Crippen LogP contribution in [0.15, 0.2) is 23.0 Å². The van der Waals surface area contributed by atoms with Gasteiger partial charge in [0.1, 0.15) is 11.9 Å². The van der Waals surface area contributed by atoms with Crippen LogP contribution in [-0.2, 0) is 11.3 Å². The van der Waals surface area contributed by atoms with Crippen LogP contribution in [-0.4, -0.2) is 27.6 Å². The number of aryl methyl sites for hydroxylation is 1. The van der Waals surface area contributed by atoms with Crippen molar-refractivity contribution in [2.45, 2.75) is 38.8 Å². The highest BCUT2D eigenvalue weighted by Crippen LogP contribution is 2.24. The maximum atomic E-state index is 11.9. The number of nitrogens with zero attached hydrogens (tertiary/aromatic N) is 3. The lowest BCUT2D eigenvalue weighted by Crippen LogP contribution is -2.23. The Hall–Kier alpha value is -2.28. The predicted molar refractivity (Wildman–Crippen MR) is 77.0 cm³/mol. The van der Waals surface area contributed by atoms with Crippen LogP contribution in [0, 0.1) is 6.92 Å². The third-order valence-electron chi connectivity index (χ3n) is 3.51. The van der Waals surface area contributed by atoms with Gasteiger partial charge < -0.3 is 14.6 Å². The van der Waals surface area contributed by atoms with E-state index in [4.69, 9.17) is 9.26 Å². The van der Waals surface area contributed by atoms with Gasteiger partial charge in [-0.15, -0.1) is 0 Å². The van der Waals surface area contributed by atoms with Crippen molar-refractivity contribution in [2.75, 3.05) is 6.61 Å². The van der Waals surface area contributed by atoms with Crippen LogP contribution < -0.4 is 5.32 Å². The summed E-state index contributed by atoms with van der Waals surface area (Å²) in [4.78, 5) is 20.5. The van der Waals surface area contributed by atoms with Crippen LogP contribution in [0.3, 0.4) is 0 Å². The molecule has 0 radical (unpaired) electrons. The summed E-state index contributed by atoms with van der Waals surface area (Å²) in [5.41, 5.74) is 1.10. The van der Waals surface area contributed by atoms with E-state index in [1.165, 1.54) is 0 Å². The molecule has 7 heteroatoms. The second kappa shape index (κ2) is 6.65. The number of rotatable bonds is 4. The minimum atomic E-state index is -0.281. The predicted octanol–water partition coefficient (Wildman–Crippen LogP) is 1.94. The van der Waals surface area contributed by atoms with E-state index in [1.54, 1.807) is 25.4 Å². The third kappa shape index (κ3) is 3.48. The highest BCUT2D eigenvalue weighted by atomic mass is 16.5. The average Bonchev–Trinajstić information content (AvgIpc) is 3.00. The molecule has 2 aromatic rings. The molecule has 3 rings (SSSR count). The van der Waals surface area contributed by atoms with E-state index in [1.807, 2.05) is 0 Å². The number of ether oxygens (including phenoxy) is 1. The normalized spacial score (nSPS) is 18.1. The van der Waals surface area contributed by atoms with E-state index < -0.39 is 0 Å². The van der Waals surface area contributed by atoms with Gasteiger partial charge in [-0.2, -0.15) is 0 Å². The van der Waals surface area contributed by atoms with Crippen molar-refractivity contribution in [3.8, 4) is 0 Å². The minimum Gasteiger partial charge on any atom is -0.370 e. The fraction of sp³-hybridized carbons (Fsp3) is 0.467. The van der Waals surface area contributed by atoms with E-state index in [0.29, 0.717) is 18.1 Å². The molecule has 1 atom stereocenters. The number of hydrogen-bond acceptors (Lipinski definition) is 6. The molecule has 0 saturated carbocycles. The maximum absolute atomic E-state index is 11.9. The standard InChI is InChI=1S/C15H18N4O3/c1-10-6-12(19-22-10)15(20)18-9-11-7-16-14(17-8-11)13-4-2-3-5-21-13/h6-8,13H,2-5,9H2,1H3,(H,18,20). The van der Waals surface area contributed by atoms with E-state index in [9.17, 15) is 4.79 Å². The molecule has 1 fully saturated rings. The Balaban J connectivity index is 1.55. The summed E-state index contributed by atoms with van der Waals surface area (Å²) in [6.45, 7) is 2.85. The molecule has 2 aromatic heterocycles. The zero-order valence-electron chi connectivity index (χ0n) is 12.4. The molecule has 1 unspecified atom stereocenters. The minimum absolute atomic E-state index is 0.00417. The topological polar surface area (TPSA) is 90.1 Å². The second-order valence-corrected chi connectivity index (χ2v) is 5.31. The molecular weight excluding hydrogens is 284 g/mol. The summed E-state index contributed by atoms with van der Waals surface area (Å²) in [6.07, 6.45) is 6.63. The van der Waals surface area contributed by atoms with Crippen molar-refractivity contribution in [2.24, 2.45) is 0 Å². The van der Waals surface area contributed by atoms with Crippen molar-refractivity contribution in [1.82, 2.24) is 20.4 Å². The fourth-order valence-electron chi connectivity index (χ4n) is 2.31. The van der Waals surface area contributed by atoms with E-state index >= 15 is 0 Å². The molecule has 0 spiro atoms. The third-order valence-corrected chi connectivity index (χ3v) is 3.51. The molecule has 116 valence electrons. The Morgan fingerprint density at radius 2 is 2.18 bits per heavy atom. The highest BCUT2D eigenvalue weighted by Gasteiger charge is 2.18. The molecule has 0 aliphatic carbocycles. The van der Waals surface area contributed by atoms with Crippen LogP contribution in [0.2, 0.25) is 0 Å². The van der Waals surface area contributed by atoms with Gasteiger partial charge in [0.25, 0.3) is 5.91 Å². The summed E-state index contributed by atoms with van der Waals surface area (Å²) in [5, 5.41) is 6.42. The Morgan fingerprint density at radius 3 is 2.82 bits per heavy atom. The molecule has 7 nitrogen and oxygen atoms in total. The van der Waals surface area contributed by atoms with Gasteiger partial charge >= 0.3 is 0 Å². The van der Waals surface area contributed by atoms with Crippen molar-refractivity contribution in [3.63, 3.8) is 0 Å². The first-order valence-corrected chi connectivity index (χ1v) is 7.36. The first-order chi connectivity index (χ1) is 10.7. The van der Waals surface area contributed by atoms with Crippen LogP contribution >= 0.6 is 0 Å². The van der Waals surface area contributed by atoms with Gasteiger partial charge in [-0.05, 0) is 26.2 Å². The molecule has 1 aliphatic heterocycles. The van der Waals surface area contributed by atoms with Gasteiger partial charge in [0.15, 0.2) is 11.5 Å². The molecule has 3 heterocycles. The van der Waals surface area contributed by atoms with Gasteiger partial charge in [0, 0.05) is 37.2 Å². The smallest absolute Gasteiger partial charge is 0.273 e. The molecule has 0 aromatic carbocycles. The van der Waals surface area contributed by atoms with Crippen molar-refractivity contribution in [3.05, 3.63) is 41.3 Å². The molecule has 22 heavy (non-hydrogen) atoms. The summed E-state index contributed by atoms with van der Waals surface area (Å²) >= 11 is 0. The molecule has 0 bridgehead atoms. The number of hydrogen-bond donors (Lipinski definition) is 1. The molecule has 1 N–H and O–H groups in total. The largest absolute Gasteiger partial charge is 0.370 e. The van der Waals surface area contributed by atoms with Gasteiger partial charge in [-0.1, -0.05) is 5.16 Å². The summed E-state index contributed by atoms with van der Waals surface area (Å²) in [6, 6.07) is 1.59. The SMILES string of the molecule is Cc1cc(C(=O)NCc2cnc(C3CCCCO3)nc2)no1. The van der Waals surface area contributed by atoms with Gasteiger partial charge in [-0.3, -0.25) is 4.79 Å². The Bertz CT molecular complexity index is 632. The number of amides is 1. The molecule has 1 aliphatic rings. The van der Waals surface area contributed by atoms with Crippen LogP contribution in [0.4, 0.5) is 0 Å². The van der Waals surface area contributed by atoms with Gasteiger partial charge in [-0.25, -0.2) is 9.97 Å². The Labute approximate surface area is 128 Å².